The predicted molar refractivity (Wildman–Crippen MR) is 115 cm³/mol. The van der Waals surface area contributed by atoms with Gasteiger partial charge in [0.1, 0.15) is 0 Å². The van der Waals surface area contributed by atoms with Crippen molar-refractivity contribution >= 4 is 35.2 Å². The van der Waals surface area contributed by atoms with Crippen LogP contribution in [0.25, 0.3) is 0 Å². The monoisotopic (exact) mass is 427 g/mol. The summed E-state index contributed by atoms with van der Waals surface area (Å²) in [5, 5.41) is 3.02. The third-order valence-electron chi connectivity index (χ3n) is 5.47. The quantitative estimate of drug-likeness (QED) is 0.793. The van der Waals surface area contributed by atoms with E-state index < -0.39 is 0 Å². The van der Waals surface area contributed by atoms with Crippen molar-refractivity contribution in [1.82, 2.24) is 10.2 Å². The fourth-order valence-corrected chi connectivity index (χ4v) is 4.86. The predicted octanol–water partition coefficient (Wildman–Crippen LogP) is 2.92. The summed E-state index contributed by atoms with van der Waals surface area (Å²) in [7, 11) is 0. The number of hydrogen-bond donors (Lipinski definition) is 1. The molecule has 2 aliphatic rings. The highest BCUT2D eigenvalue weighted by Crippen LogP contribution is 2.34. The molecular formula is C22H25N3O4S. The number of nitrogens with one attached hydrogen (secondary N) is 1. The van der Waals surface area contributed by atoms with Crippen LogP contribution in [-0.4, -0.2) is 54.1 Å². The van der Waals surface area contributed by atoms with Gasteiger partial charge in [0.25, 0.3) is 5.91 Å². The minimum Gasteiger partial charge on any atom is -0.459 e. The first-order valence-corrected chi connectivity index (χ1v) is 11.2. The lowest BCUT2D eigenvalue weighted by molar-refractivity contribution is -0.125. The van der Waals surface area contributed by atoms with Gasteiger partial charge in [-0.05, 0) is 37.1 Å². The van der Waals surface area contributed by atoms with Gasteiger partial charge in [-0.3, -0.25) is 14.4 Å². The average molecular weight is 428 g/mol. The van der Waals surface area contributed by atoms with E-state index in [1.807, 2.05) is 24.3 Å². The highest BCUT2D eigenvalue weighted by Gasteiger charge is 2.27. The molecule has 2 aliphatic heterocycles. The zero-order chi connectivity index (χ0) is 20.9. The van der Waals surface area contributed by atoms with E-state index in [-0.39, 0.29) is 36.6 Å². The number of para-hydroxylation sites is 1. The maximum atomic E-state index is 12.7. The van der Waals surface area contributed by atoms with Crippen molar-refractivity contribution in [2.24, 2.45) is 0 Å². The molecule has 8 heteroatoms. The molecule has 2 aromatic rings. The average Bonchev–Trinajstić information content (AvgIpc) is 3.32. The SMILES string of the molecule is O=C(CCC(=O)N1CCSc2ccccc21)NC1CCN(C(=O)c2ccco2)CC1. The molecule has 1 N–H and O–H groups in total. The summed E-state index contributed by atoms with van der Waals surface area (Å²) in [6.07, 6.45) is 3.26. The lowest BCUT2D eigenvalue weighted by Crippen LogP contribution is -2.46. The number of nitrogens with zero attached hydrogens (tertiary/aromatic N) is 2. The number of amides is 3. The molecule has 4 rings (SSSR count). The zero-order valence-electron chi connectivity index (χ0n) is 16.7. The Morgan fingerprint density at radius 2 is 1.83 bits per heavy atom. The van der Waals surface area contributed by atoms with Crippen molar-refractivity contribution in [3.05, 3.63) is 48.4 Å². The number of piperidine rings is 1. The van der Waals surface area contributed by atoms with E-state index in [4.69, 9.17) is 4.42 Å². The Kier molecular flexibility index (Phi) is 6.42. The van der Waals surface area contributed by atoms with Gasteiger partial charge in [-0.25, -0.2) is 0 Å². The van der Waals surface area contributed by atoms with Crippen LogP contribution in [0.5, 0.6) is 0 Å². The smallest absolute Gasteiger partial charge is 0.289 e. The third-order valence-corrected chi connectivity index (χ3v) is 6.52. The largest absolute Gasteiger partial charge is 0.459 e. The highest BCUT2D eigenvalue weighted by molar-refractivity contribution is 7.99. The van der Waals surface area contributed by atoms with Crippen LogP contribution in [0.1, 0.15) is 36.2 Å². The maximum absolute atomic E-state index is 12.7. The number of benzene rings is 1. The topological polar surface area (TPSA) is 82.9 Å². The Balaban J connectivity index is 1.21. The van der Waals surface area contributed by atoms with E-state index in [1.165, 1.54) is 6.26 Å². The summed E-state index contributed by atoms with van der Waals surface area (Å²) in [4.78, 5) is 42.0. The number of anilines is 1. The van der Waals surface area contributed by atoms with Crippen molar-refractivity contribution in [2.45, 2.75) is 36.6 Å². The molecule has 0 bridgehead atoms. The summed E-state index contributed by atoms with van der Waals surface area (Å²) in [6.45, 7) is 1.82. The molecule has 1 saturated heterocycles. The van der Waals surface area contributed by atoms with E-state index in [0.717, 1.165) is 16.3 Å². The van der Waals surface area contributed by atoms with Crippen molar-refractivity contribution < 1.29 is 18.8 Å². The second-order valence-corrected chi connectivity index (χ2v) is 8.61. The van der Waals surface area contributed by atoms with E-state index in [0.29, 0.717) is 38.2 Å². The Hall–Kier alpha value is -2.74. The third kappa shape index (κ3) is 4.70. The molecule has 3 heterocycles. The molecule has 1 fully saturated rings. The van der Waals surface area contributed by atoms with Crippen LogP contribution in [0.2, 0.25) is 0 Å². The molecule has 30 heavy (non-hydrogen) atoms. The first-order chi connectivity index (χ1) is 14.6. The molecule has 0 unspecified atom stereocenters. The second-order valence-electron chi connectivity index (χ2n) is 7.47. The maximum Gasteiger partial charge on any atom is 0.289 e. The summed E-state index contributed by atoms with van der Waals surface area (Å²) in [5.41, 5.74) is 0.938. The van der Waals surface area contributed by atoms with Gasteiger partial charge in [0.15, 0.2) is 5.76 Å². The molecule has 1 aromatic carbocycles. The number of carbonyl (C=O) groups excluding carboxylic acids is 3. The minimum absolute atomic E-state index is 0.0169. The Morgan fingerprint density at radius 1 is 1.03 bits per heavy atom. The normalized spacial score (nSPS) is 16.8. The molecule has 158 valence electrons. The van der Waals surface area contributed by atoms with Gasteiger partial charge >= 0.3 is 0 Å². The van der Waals surface area contributed by atoms with E-state index >= 15 is 0 Å². The van der Waals surface area contributed by atoms with Crippen molar-refractivity contribution in [2.75, 3.05) is 30.3 Å². The van der Waals surface area contributed by atoms with Gasteiger partial charge in [0.2, 0.25) is 11.8 Å². The van der Waals surface area contributed by atoms with Crippen LogP contribution >= 0.6 is 11.8 Å². The number of rotatable bonds is 5. The molecule has 0 saturated carbocycles. The first-order valence-electron chi connectivity index (χ1n) is 10.3. The molecular weight excluding hydrogens is 402 g/mol. The summed E-state index contributed by atoms with van der Waals surface area (Å²) >= 11 is 1.75. The van der Waals surface area contributed by atoms with E-state index in [1.54, 1.807) is 33.7 Å². The van der Waals surface area contributed by atoms with Gasteiger partial charge in [-0.2, -0.15) is 0 Å². The van der Waals surface area contributed by atoms with Crippen LogP contribution in [-0.2, 0) is 9.59 Å². The minimum atomic E-state index is -0.115. The molecule has 0 aliphatic carbocycles. The molecule has 3 amide bonds. The lowest BCUT2D eigenvalue weighted by Gasteiger charge is -2.32. The van der Waals surface area contributed by atoms with Gasteiger partial charge in [-0.15, -0.1) is 11.8 Å². The summed E-state index contributed by atoms with van der Waals surface area (Å²) in [5.74, 6) is 0.962. The fourth-order valence-electron chi connectivity index (χ4n) is 3.87. The summed E-state index contributed by atoms with van der Waals surface area (Å²) < 4.78 is 5.17. The molecule has 0 spiro atoms. The van der Waals surface area contributed by atoms with Crippen molar-refractivity contribution in [1.29, 1.82) is 0 Å². The Bertz CT molecular complexity index is 907. The van der Waals surface area contributed by atoms with Crippen molar-refractivity contribution in [3.8, 4) is 0 Å². The van der Waals surface area contributed by atoms with Gasteiger partial charge < -0.3 is 19.5 Å². The molecule has 7 nitrogen and oxygen atoms in total. The number of furan rings is 1. The number of hydrogen-bond acceptors (Lipinski definition) is 5. The molecule has 1 aromatic heterocycles. The number of thioether (sulfide) groups is 1. The second kappa shape index (κ2) is 9.38. The van der Waals surface area contributed by atoms with Crippen LogP contribution in [0.3, 0.4) is 0 Å². The van der Waals surface area contributed by atoms with Gasteiger partial charge in [0.05, 0.1) is 12.0 Å². The van der Waals surface area contributed by atoms with Gasteiger partial charge in [-0.1, -0.05) is 12.1 Å². The number of likely N-dealkylation sites (tertiary alicyclic amines) is 1. The zero-order valence-corrected chi connectivity index (χ0v) is 17.5. The van der Waals surface area contributed by atoms with Crippen LogP contribution in [0, 0.1) is 0 Å². The van der Waals surface area contributed by atoms with Crippen LogP contribution in [0.4, 0.5) is 5.69 Å². The highest BCUT2D eigenvalue weighted by atomic mass is 32.2. The number of fused-ring (bicyclic) bond motifs is 1. The first kappa shape index (κ1) is 20.5. The molecule has 0 atom stereocenters. The number of carbonyl (C=O) groups is 3. The van der Waals surface area contributed by atoms with E-state index in [2.05, 4.69) is 5.32 Å². The van der Waals surface area contributed by atoms with Gasteiger partial charge in [0, 0.05) is 49.2 Å². The Labute approximate surface area is 179 Å². The standard InChI is InChI=1S/C22H25N3O4S/c26-20(7-8-21(27)25-13-15-30-19-6-2-1-4-17(19)25)23-16-9-11-24(12-10-16)22(28)18-5-3-14-29-18/h1-6,14,16H,7-13,15H2,(H,23,26). The van der Waals surface area contributed by atoms with Crippen LogP contribution < -0.4 is 10.2 Å². The summed E-state index contributed by atoms with van der Waals surface area (Å²) in [6, 6.07) is 11.3. The lowest BCUT2D eigenvalue weighted by atomic mass is 10.0. The molecule has 0 radical (unpaired) electrons. The van der Waals surface area contributed by atoms with Crippen molar-refractivity contribution in [3.63, 3.8) is 0 Å². The fraction of sp³-hybridized carbons (Fsp3) is 0.409. The van der Waals surface area contributed by atoms with E-state index in [9.17, 15) is 14.4 Å². The Morgan fingerprint density at radius 3 is 2.60 bits per heavy atom. The van der Waals surface area contributed by atoms with Crippen LogP contribution in [0.15, 0.2) is 52.0 Å².